The van der Waals surface area contributed by atoms with Crippen molar-refractivity contribution in [2.24, 2.45) is 0 Å². The van der Waals surface area contributed by atoms with Crippen molar-refractivity contribution in [2.75, 3.05) is 0 Å². The van der Waals surface area contributed by atoms with Gasteiger partial charge >= 0.3 is 0 Å². The van der Waals surface area contributed by atoms with E-state index in [9.17, 15) is 0 Å². The topological polar surface area (TPSA) is 28.7 Å². The van der Waals surface area contributed by atoms with E-state index in [0.717, 1.165) is 23.2 Å². The van der Waals surface area contributed by atoms with Crippen LogP contribution in [0.2, 0.25) is 0 Å². The van der Waals surface area contributed by atoms with E-state index in [0.29, 0.717) is 0 Å². The van der Waals surface area contributed by atoms with Crippen molar-refractivity contribution < 1.29 is 0 Å². The van der Waals surface area contributed by atoms with Crippen molar-refractivity contribution in [1.29, 1.82) is 0 Å². The summed E-state index contributed by atoms with van der Waals surface area (Å²) in [5.41, 5.74) is 3.13. The van der Waals surface area contributed by atoms with E-state index >= 15 is 0 Å². The standard InChI is InChI=1S/C12H12N2/c1-3-4-5-10-6-7-11-9(2)13-14-12(11)8-10/h6-8H,3H2,1-2H3,(H,13,14). The van der Waals surface area contributed by atoms with Crippen LogP contribution in [0.25, 0.3) is 10.9 Å². The fourth-order valence-electron chi connectivity index (χ4n) is 1.41. The molecule has 1 aromatic carbocycles. The van der Waals surface area contributed by atoms with Gasteiger partial charge < -0.3 is 0 Å². The summed E-state index contributed by atoms with van der Waals surface area (Å²) in [6.45, 7) is 4.07. The molecule has 0 radical (unpaired) electrons. The molecule has 2 rings (SSSR count). The Balaban J connectivity index is 2.52. The predicted octanol–water partition coefficient (Wildman–Crippen LogP) is 2.63. The van der Waals surface area contributed by atoms with Gasteiger partial charge in [0.2, 0.25) is 0 Å². The largest absolute Gasteiger partial charge is 0.282 e. The molecular formula is C12H12N2. The summed E-state index contributed by atoms with van der Waals surface area (Å²) in [5.74, 6) is 6.14. The molecule has 1 heterocycles. The molecule has 2 heteroatoms. The number of H-pyrrole nitrogens is 1. The Labute approximate surface area is 83.3 Å². The number of benzene rings is 1. The van der Waals surface area contributed by atoms with E-state index in [1.807, 2.05) is 26.0 Å². The van der Waals surface area contributed by atoms with Crippen molar-refractivity contribution in [3.63, 3.8) is 0 Å². The molecule has 0 saturated carbocycles. The molecule has 1 aromatic heterocycles. The number of aromatic nitrogens is 2. The third kappa shape index (κ3) is 1.49. The minimum absolute atomic E-state index is 0.887. The maximum absolute atomic E-state index is 4.19. The van der Waals surface area contributed by atoms with Crippen molar-refractivity contribution in [2.45, 2.75) is 20.3 Å². The number of aromatic amines is 1. The Morgan fingerprint density at radius 2 is 2.29 bits per heavy atom. The summed E-state index contributed by atoms with van der Waals surface area (Å²) in [5, 5.41) is 8.33. The van der Waals surface area contributed by atoms with Gasteiger partial charge in [0.05, 0.1) is 5.52 Å². The second kappa shape index (κ2) is 3.55. The first-order chi connectivity index (χ1) is 6.81. The van der Waals surface area contributed by atoms with Crippen LogP contribution in [0.5, 0.6) is 0 Å². The van der Waals surface area contributed by atoms with E-state index in [4.69, 9.17) is 0 Å². The van der Waals surface area contributed by atoms with Crippen LogP contribution in [-0.4, -0.2) is 10.2 Å². The molecule has 0 saturated heterocycles. The van der Waals surface area contributed by atoms with Crippen LogP contribution < -0.4 is 0 Å². The van der Waals surface area contributed by atoms with Gasteiger partial charge in [-0.25, -0.2) is 0 Å². The van der Waals surface area contributed by atoms with Gasteiger partial charge in [-0.05, 0) is 25.1 Å². The van der Waals surface area contributed by atoms with Gasteiger partial charge in [0.25, 0.3) is 0 Å². The summed E-state index contributed by atoms with van der Waals surface area (Å²) < 4.78 is 0. The highest BCUT2D eigenvalue weighted by Crippen LogP contribution is 2.15. The molecule has 0 spiro atoms. The first kappa shape index (κ1) is 8.83. The summed E-state index contributed by atoms with van der Waals surface area (Å²) in [7, 11) is 0. The Hall–Kier alpha value is -1.75. The number of fused-ring (bicyclic) bond motifs is 1. The quantitative estimate of drug-likeness (QED) is 0.626. The molecule has 0 amide bonds. The van der Waals surface area contributed by atoms with E-state index in [1.165, 1.54) is 5.39 Å². The maximum Gasteiger partial charge on any atom is 0.0936 e. The maximum atomic E-state index is 4.19. The average Bonchev–Trinajstić information content (AvgIpc) is 2.57. The van der Waals surface area contributed by atoms with Crippen LogP contribution in [0.4, 0.5) is 0 Å². The van der Waals surface area contributed by atoms with Gasteiger partial charge in [0.1, 0.15) is 0 Å². The van der Waals surface area contributed by atoms with E-state index in [1.54, 1.807) is 0 Å². The third-order valence-corrected chi connectivity index (χ3v) is 2.16. The molecule has 1 N–H and O–H groups in total. The van der Waals surface area contributed by atoms with Crippen LogP contribution in [0.15, 0.2) is 18.2 Å². The fourth-order valence-corrected chi connectivity index (χ4v) is 1.41. The van der Waals surface area contributed by atoms with Crippen molar-refractivity contribution in [1.82, 2.24) is 10.2 Å². The number of hydrogen-bond acceptors (Lipinski definition) is 1. The van der Waals surface area contributed by atoms with Gasteiger partial charge in [-0.2, -0.15) is 5.10 Å². The molecular weight excluding hydrogens is 172 g/mol. The summed E-state index contributed by atoms with van der Waals surface area (Å²) >= 11 is 0. The first-order valence-electron chi connectivity index (χ1n) is 4.75. The van der Waals surface area contributed by atoms with Crippen LogP contribution in [-0.2, 0) is 0 Å². The average molecular weight is 184 g/mol. The van der Waals surface area contributed by atoms with Crippen LogP contribution in [0.1, 0.15) is 24.6 Å². The number of nitrogens with zero attached hydrogens (tertiary/aromatic N) is 1. The monoisotopic (exact) mass is 184 g/mol. The number of aryl methyl sites for hydroxylation is 1. The summed E-state index contributed by atoms with van der Waals surface area (Å²) in [4.78, 5) is 0. The van der Waals surface area contributed by atoms with Crippen molar-refractivity contribution in [3.8, 4) is 11.8 Å². The number of nitrogens with one attached hydrogen (secondary N) is 1. The van der Waals surface area contributed by atoms with Crippen LogP contribution >= 0.6 is 0 Å². The molecule has 0 aliphatic rings. The minimum Gasteiger partial charge on any atom is -0.282 e. The zero-order valence-corrected chi connectivity index (χ0v) is 8.39. The van der Waals surface area contributed by atoms with Gasteiger partial charge in [0.15, 0.2) is 0 Å². The number of hydrogen-bond donors (Lipinski definition) is 1. The molecule has 2 nitrogen and oxygen atoms in total. The predicted molar refractivity (Wildman–Crippen MR) is 58.0 cm³/mol. The first-order valence-corrected chi connectivity index (χ1v) is 4.75. The Morgan fingerprint density at radius 1 is 1.43 bits per heavy atom. The lowest BCUT2D eigenvalue weighted by atomic mass is 10.1. The fraction of sp³-hybridized carbons (Fsp3) is 0.250. The molecule has 0 unspecified atom stereocenters. The van der Waals surface area contributed by atoms with Gasteiger partial charge in [-0.3, -0.25) is 5.10 Å². The molecule has 0 bridgehead atoms. The zero-order chi connectivity index (χ0) is 9.97. The highest BCUT2D eigenvalue weighted by atomic mass is 15.1. The summed E-state index contributed by atoms with van der Waals surface area (Å²) in [6, 6.07) is 6.11. The van der Waals surface area contributed by atoms with Gasteiger partial charge in [0, 0.05) is 23.1 Å². The van der Waals surface area contributed by atoms with Crippen LogP contribution in [0, 0.1) is 18.8 Å². The molecule has 0 atom stereocenters. The highest BCUT2D eigenvalue weighted by molar-refractivity contribution is 5.82. The van der Waals surface area contributed by atoms with E-state index in [-0.39, 0.29) is 0 Å². The van der Waals surface area contributed by atoms with E-state index in [2.05, 4.69) is 28.1 Å². The van der Waals surface area contributed by atoms with Gasteiger partial charge in [-0.1, -0.05) is 18.8 Å². The smallest absolute Gasteiger partial charge is 0.0936 e. The summed E-state index contributed by atoms with van der Waals surface area (Å²) in [6.07, 6.45) is 0.887. The Morgan fingerprint density at radius 3 is 3.07 bits per heavy atom. The normalized spacial score (nSPS) is 9.86. The van der Waals surface area contributed by atoms with Crippen molar-refractivity contribution in [3.05, 3.63) is 29.5 Å². The molecule has 70 valence electrons. The molecule has 0 fully saturated rings. The lowest BCUT2D eigenvalue weighted by Gasteiger charge is -1.91. The molecule has 14 heavy (non-hydrogen) atoms. The molecule has 0 aliphatic carbocycles. The van der Waals surface area contributed by atoms with E-state index < -0.39 is 0 Å². The Bertz CT molecular complexity index is 512. The number of rotatable bonds is 0. The lowest BCUT2D eigenvalue weighted by molar-refractivity contribution is 1.07. The molecule has 0 aliphatic heterocycles. The second-order valence-corrected chi connectivity index (χ2v) is 3.24. The highest BCUT2D eigenvalue weighted by Gasteiger charge is 2.00. The minimum atomic E-state index is 0.887. The molecule has 2 aromatic rings. The Kier molecular flexibility index (Phi) is 2.24. The SMILES string of the molecule is CCC#Cc1ccc2c(C)[nH]nc2c1. The van der Waals surface area contributed by atoms with Crippen LogP contribution in [0.3, 0.4) is 0 Å². The van der Waals surface area contributed by atoms with Crippen molar-refractivity contribution >= 4 is 10.9 Å². The lowest BCUT2D eigenvalue weighted by Crippen LogP contribution is -1.75. The zero-order valence-electron chi connectivity index (χ0n) is 8.39. The second-order valence-electron chi connectivity index (χ2n) is 3.24. The van der Waals surface area contributed by atoms with Gasteiger partial charge in [-0.15, -0.1) is 0 Å². The third-order valence-electron chi connectivity index (χ3n) is 2.16.